The fraction of sp³-hybridized carbons (Fsp3) is 0.167. The van der Waals surface area contributed by atoms with Crippen LogP contribution in [0.25, 0.3) is 0 Å². The van der Waals surface area contributed by atoms with Crippen LogP contribution in [0.1, 0.15) is 0 Å². The minimum absolute atomic E-state index is 0.387. The van der Waals surface area contributed by atoms with E-state index in [0.29, 0.717) is 0 Å². The molecule has 0 fully saturated rings. The molecule has 0 aliphatic rings. The van der Waals surface area contributed by atoms with E-state index >= 15 is 0 Å². The van der Waals surface area contributed by atoms with Gasteiger partial charge < -0.3 is 0 Å². The summed E-state index contributed by atoms with van der Waals surface area (Å²) in [4.78, 5) is 4.18. The van der Waals surface area contributed by atoms with Gasteiger partial charge in [-0.3, -0.25) is 0 Å². The van der Waals surface area contributed by atoms with Gasteiger partial charge in [-0.15, -0.1) is 0 Å². The molecule has 0 spiro atoms. The molecule has 0 N–H and O–H groups in total. The molecule has 0 atom stereocenters. The van der Waals surface area contributed by atoms with Crippen molar-refractivity contribution in [3.63, 3.8) is 0 Å². The molecule has 1 rings (SSSR count). The quantitative estimate of drug-likeness (QED) is 0.552. The van der Waals surface area contributed by atoms with Gasteiger partial charge in [-0.05, 0) is 0 Å². The first kappa shape index (κ1) is 5.90. The third-order valence-corrected chi connectivity index (χ3v) is 3.49. The van der Waals surface area contributed by atoms with Crippen LogP contribution in [0.4, 0.5) is 0 Å². The molecule has 0 unspecified atom stereocenters. The number of hydrogen-bond acceptors (Lipinski definition) is 1. The zero-order chi connectivity index (χ0) is 5.82. The Labute approximate surface area is 56.7 Å². The summed E-state index contributed by atoms with van der Waals surface area (Å²) < 4.78 is 1.35. The summed E-state index contributed by atoms with van der Waals surface area (Å²) in [5.41, 5.74) is 2.29. The van der Waals surface area contributed by atoms with E-state index in [1.807, 2.05) is 12.3 Å². The Bertz CT molecular complexity index is 150. The van der Waals surface area contributed by atoms with Gasteiger partial charge in [-0.1, -0.05) is 0 Å². The molecular formula is C6H7NZn. The van der Waals surface area contributed by atoms with Crippen molar-refractivity contribution in [1.29, 1.82) is 0 Å². The molecule has 1 heterocycles. The fourth-order valence-corrected chi connectivity index (χ4v) is 1.99. The molecule has 0 aliphatic carbocycles. The first-order valence-corrected chi connectivity index (χ1v) is 7.28. The topological polar surface area (TPSA) is 12.9 Å². The fourth-order valence-electron chi connectivity index (χ4n) is 0.607. The van der Waals surface area contributed by atoms with Crippen molar-refractivity contribution < 1.29 is 17.1 Å². The van der Waals surface area contributed by atoms with Crippen molar-refractivity contribution in [2.75, 3.05) is 0 Å². The normalized spacial score (nSPS) is 8.12. The number of aromatic nitrogens is 1. The number of rotatable bonds is 1. The molecule has 38 valence electrons. The summed E-state index contributed by atoms with van der Waals surface area (Å²) in [5.74, 6) is 0. The monoisotopic (exact) mass is 157 g/mol. The van der Waals surface area contributed by atoms with E-state index in [1.54, 1.807) is 0 Å². The molecular weight excluding hydrogens is 151 g/mol. The van der Waals surface area contributed by atoms with Crippen LogP contribution in [0.15, 0.2) is 24.4 Å². The van der Waals surface area contributed by atoms with Crippen LogP contribution in [-0.2, 0) is 17.1 Å². The van der Waals surface area contributed by atoms with Crippen molar-refractivity contribution in [1.82, 2.24) is 4.98 Å². The Morgan fingerprint density at radius 3 is 2.75 bits per heavy atom. The summed E-state index contributed by atoms with van der Waals surface area (Å²) in [6, 6.07) is 6.12. The van der Waals surface area contributed by atoms with E-state index in [9.17, 15) is 0 Å². The third kappa shape index (κ3) is 1.38. The molecule has 0 radical (unpaired) electrons. The SMILES string of the molecule is [CH3][Zn][c]1ccccn1. The number of pyridine rings is 1. The predicted octanol–water partition coefficient (Wildman–Crippen LogP) is 0.837. The molecule has 0 amide bonds. The summed E-state index contributed by atoms with van der Waals surface area (Å²) in [7, 11) is 0. The average Bonchev–Trinajstić information content (AvgIpc) is 1.90. The second kappa shape index (κ2) is 2.93. The van der Waals surface area contributed by atoms with Crippen molar-refractivity contribution >= 4 is 4.29 Å². The van der Waals surface area contributed by atoms with Gasteiger partial charge in [0.1, 0.15) is 0 Å². The Hall–Kier alpha value is -0.227. The molecule has 1 aromatic rings. The van der Waals surface area contributed by atoms with E-state index in [0.717, 1.165) is 0 Å². The number of hydrogen-bond donors (Lipinski definition) is 0. The zero-order valence-corrected chi connectivity index (χ0v) is 7.93. The van der Waals surface area contributed by atoms with E-state index in [1.165, 1.54) is 4.29 Å². The van der Waals surface area contributed by atoms with E-state index < -0.39 is 0 Å². The maximum absolute atomic E-state index is 4.18. The standard InChI is InChI=1S/C5H4N.CH3.Zn/c1-2-4-6-5-3-1;;/h1-4H;1H3;. The van der Waals surface area contributed by atoms with Gasteiger partial charge in [-0.2, -0.15) is 0 Å². The van der Waals surface area contributed by atoms with Gasteiger partial charge in [-0.25, -0.2) is 0 Å². The van der Waals surface area contributed by atoms with Crippen LogP contribution in [0, 0.1) is 0 Å². The van der Waals surface area contributed by atoms with Crippen LogP contribution in [0.3, 0.4) is 0 Å². The molecule has 1 nitrogen and oxygen atoms in total. The summed E-state index contributed by atoms with van der Waals surface area (Å²) in [6.45, 7) is 0. The van der Waals surface area contributed by atoms with Crippen LogP contribution < -0.4 is 4.29 Å². The first-order valence-electron chi connectivity index (χ1n) is 2.83. The molecule has 0 aliphatic heterocycles. The van der Waals surface area contributed by atoms with Gasteiger partial charge >= 0.3 is 56.3 Å². The van der Waals surface area contributed by atoms with Crippen molar-refractivity contribution in [3.8, 4) is 0 Å². The molecule has 1 aromatic heterocycles. The molecule has 0 saturated carbocycles. The van der Waals surface area contributed by atoms with E-state index in [4.69, 9.17) is 0 Å². The van der Waals surface area contributed by atoms with Crippen molar-refractivity contribution in [2.45, 2.75) is 5.52 Å². The minimum atomic E-state index is -0.387. The van der Waals surface area contributed by atoms with Crippen LogP contribution >= 0.6 is 0 Å². The Kier molecular flexibility index (Phi) is 2.16. The Morgan fingerprint density at radius 2 is 2.38 bits per heavy atom. The zero-order valence-electron chi connectivity index (χ0n) is 4.96. The van der Waals surface area contributed by atoms with Gasteiger partial charge in [0.05, 0.1) is 0 Å². The van der Waals surface area contributed by atoms with Gasteiger partial charge in [0, 0.05) is 0 Å². The molecule has 0 aromatic carbocycles. The molecule has 8 heavy (non-hydrogen) atoms. The van der Waals surface area contributed by atoms with Crippen LogP contribution in [0.2, 0.25) is 5.52 Å². The van der Waals surface area contributed by atoms with Gasteiger partial charge in [0.15, 0.2) is 0 Å². The average molecular weight is 159 g/mol. The van der Waals surface area contributed by atoms with E-state index in [-0.39, 0.29) is 17.1 Å². The van der Waals surface area contributed by atoms with Crippen LogP contribution in [0.5, 0.6) is 0 Å². The van der Waals surface area contributed by atoms with Crippen LogP contribution in [-0.4, -0.2) is 4.98 Å². The third-order valence-electron chi connectivity index (χ3n) is 1.09. The summed E-state index contributed by atoms with van der Waals surface area (Å²) >= 11 is -0.387. The Balaban J connectivity index is 2.83. The van der Waals surface area contributed by atoms with Gasteiger partial charge in [0.25, 0.3) is 0 Å². The number of nitrogens with zero attached hydrogens (tertiary/aromatic N) is 1. The van der Waals surface area contributed by atoms with Crippen molar-refractivity contribution in [2.24, 2.45) is 0 Å². The van der Waals surface area contributed by atoms with Gasteiger partial charge in [0.2, 0.25) is 0 Å². The molecule has 0 saturated heterocycles. The Morgan fingerprint density at radius 1 is 1.50 bits per heavy atom. The predicted molar refractivity (Wildman–Crippen MR) is 29.7 cm³/mol. The second-order valence-corrected chi connectivity index (χ2v) is 4.68. The second-order valence-electron chi connectivity index (χ2n) is 1.67. The van der Waals surface area contributed by atoms with E-state index in [2.05, 4.69) is 22.6 Å². The summed E-state index contributed by atoms with van der Waals surface area (Å²) in [5, 5.41) is 0. The summed E-state index contributed by atoms with van der Waals surface area (Å²) in [6.07, 6.45) is 1.87. The maximum atomic E-state index is 4.18. The molecule has 0 bridgehead atoms. The van der Waals surface area contributed by atoms with Crippen molar-refractivity contribution in [3.05, 3.63) is 24.4 Å². The molecule has 2 heteroatoms. The first-order chi connectivity index (χ1) is 3.93.